The summed E-state index contributed by atoms with van der Waals surface area (Å²) in [4.78, 5) is 22.3. The van der Waals surface area contributed by atoms with Crippen LogP contribution >= 0.6 is 0 Å². The van der Waals surface area contributed by atoms with Crippen LogP contribution < -0.4 is 10.6 Å². The Balaban J connectivity index is 1.77. The number of fused-ring (bicyclic) bond motifs is 1. The van der Waals surface area contributed by atoms with Crippen molar-refractivity contribution >= 4 is 5.91 Å². The van der Waals surface area contributed by atoms with Gasteiger partial charge in [-0.1, -0.05) is 56.3 Å². The normalized spacial score (nSPS) is 16.3. The lowest BCUT2D eigenvalue weighted by molar-refractivity contribution is -0.107. The van der Waals surface area contributed by atoms with Crippen LogP contribution in [0.5, 0.6) is 0 Å². The van der Waals surface area contributed by atoms with Crippen molar-refractivity contribution in [3.63, 3.8) is 0 Å². The number of rotatable bonds is 4. The lowest BCUT2D eigenvalue weighted by Crippen LogP contribution is -2.55. The van der Waals surface area contributed by atoms with Gasteiger partial charge in [0.2, 0.25) is 5.72 Å². The van der Waals surface area contributed by atoms with E-state index in [9.17, 15) is 9.90 Å². The molecule has 0 aliphatic carbocycles. The van der Waals surface area contributed by atoms with Crippen molar-refractivity contribution in [3.05, 3.63) is 53.4 Å². The fraction of sp³-hybridized carbons (Fsp3) is 0.455. The first-order valence-corrected chi connectivity index (χ1v) is 10.4. The molecule has 31 heavy (non-hydrogen) atoms. The van der Waals surface area contributed by atoms with E-state index in [0.29, 0.717) is 12.4 Å². The predicted octanol–water partition coefficient (Wildman–Crippen LogP) is 2.36. The summed E-state index contributed by atoms with van der Waals surface area (Å²) in [5.41, 5.74) is -0.701. The van der Waals surface area contributed by atoms with Crippen molar-refractivity contribution in [1.29, 1.82) is 0 Å². The molecule has 164 valence electrons. The molecule has 0 saturated carbocycles. The molecule has 0 fully saturated rings. The van der Waals surface area contributed by atoms with E-state index in [4.69, 9.17) is 9.51 Å². The van der Waals surface area contributed by atoms with Crippen LogP contribution in [0, 0.1) is 12.3 Å². The minimum Gasteiger partial charge on any atom is -0.363 e. The Bertz CT molecular complexity index is 1080. The third kappa shape index (κ3) is 3.86. The quantitative estimate of drug-likeness (QED) is 0.550. The van der Waals surface area contributed by atoms with Crippen LogP contribution in [0.1, 0.15) is 55.1 Å². The van der Waals surface area contributed by atoms with E-state index < -0.39 is 17.0 Å². The zero-order valence-corrected chi connectivity index (χ0v) is 18.3. The molecule has 1 aliphatic heterocycles. The Morgan fingerprint density at radius 3 is 2.61 bits per heavy atom. The number of carbonyl (C=O) groups is 1. The van der Waals surface area contributed by atoms with Crippen LogP contribution in [0.2, 0.25) is 0 Å². The molecule has 9 nitrogen and oxygen atoms in total. The van der Waals surface area contributed by atoms with E-state index >= 15 is 0 Å². The SMILES string of the molecule is Cc1noc([C@](O)(NC(=O)c2nc(-c3ccccc3)n3c2CNCCC3)C(C)(C)C)n1. The van der Waals surface area contributed by atoms with Crippen molar-refractivity contribution in [2.75, 3.05) is 6.54 Å². The summed E-state index contributed by atoms with van der Waals surface area (Å²) in [7, 11) is 0. The standard InChI is InChI=1S/C22H28N6O3/c1-14-24-20(31-27-14)22(30,21(2,3)4)26-19(29)17-16-13-23-11-8-12-28(16)18(25-17)15-9-6-5-7-10-15/h5-7,9-10,23,30H,8,11-13H2,1-4H3,(H,26,29)/t22-/m1/s1. The Kier molecular flexibility index (Phi) is 5.40. The van der Waals surface area contributed by atoms with Gasteiger partial charge in [0.1, 0.15) is 5.82 Å². The van der Waals surface area contributed by atoms with Crippen molar-refractivity contribution in [2.45, 2.75) is 52.9 Å². The van der Waals surface area contributed by atoms with Crippen molar-refractivity contribution in [3.8, 4) is 11.4 Å². The van der Waals surface area contributed by atoms with E-state index in [-0.39, 0.29) is 11.6 Å². The molecular formula is C22H28N6O3. The molecule has 0 saturated heterocycles. The maximum atomic E-state index is 13.5. The molecule has 0 unspecified atom stereocenters. The van der Waals surface area contributed by atoms with Crippen LogP contribution in [-0.2, 0) is 18.8 Å². The molecule has 9 heteroatoms. The largest absolute Gasteiger partial charge is 0.363 e. The Hall–Kier alpha value is -3.04. The maximum absolute atomic E-state index is 13.5. The van der Waals surface area contributed by atoms with Crippen molar-refractivity contribution < 1.29 is 14.4 Å². The zero-order chi connectivity index (χ0) is 22.2. The Morgan fingerprint density at radius 1 is 1.23 bits per heavy atom. The first kappa shape index (κ1) is 21.2. The number of aryl methyl sites for hydroxylation is 1. The summed E-state index contributed by atoms with van der Waals surface area (Å²) in [5, 5.41) is 21.3. The van der Waals surface area contributed by atoms with Gasteiger partial charge in [-0.2, -0.15) is 4.98 Å². The number of aliphatic hydroxyl groups is 1. The summed E-state index contributed by atoms with van der Waals surface area (Å²) in [6.07, 6.45) is 0.928. The van der Waals surface area contributed by atoms with Gasteiger partial charge in [-0.25, -0.2) is 4.98 Å². The van der Waals surface area contributed by atoms with Crippen molar-refractivity contribution in [1.82, 2.24) is 30.3 Å². The molecule has 1 aromatic carbocycles. The van der Waals surface area contributed by atoms with Crippen LogP contribution in [0.3, 0.4) is 0 Å². The molecule has 4 rings (SSSR count). The molecule has 0 spiro atoms. The summed E-state index contributed by atoms with van der Waals surface area (Å²) in [5.74, 6) is 0.552. The molecule has 3 aromatic rings. The van der Waals surface area contributed by atoms with Gasteiger partial charge in [-0.15, -0.1) is 0 Å². The average Bonchev–Trinajstić information content (AvgIpc) is 3.24. The van der Waals surface area contributed by atoms with Gasteiger partial charge in [-0.3, -0.25) is 4.79 Å². The van der Waals surface area contributed by atoms with Crippen LogP contribution in [0.15, 0.2) is 34.9 Å². The number of amides is 1. The van der Waals surface area contributed by atoms with Gasteiger partial charge < -0.3 is 24.8 Å². The molecule has 2 aromatic heterocycles. The molecule has 3 N–H and O–H groups in total. The smallest absolute Gasteiger partial charge is 0.280 e. The predicted molar refractivity (Wildman–Crippen MR) is 114 cm³/mol. The first-order valence-electron chi connectivity index (χ1n) is 10.4. The van der Waals surface area contributed by atoms with Gasteiger partial charge in [0.05, 0.1) is 5.69 Å². The second-order valence-corrected chi connectivity index (χ2v) is 8.84. The number of aromatic nitrogens is 4. The van der Waals surface area contributed by atoms with E-state index in [1.165, 1.54) is 0 Å². The Labute approximate surface area is 180 Å². The Morgan fingerprint density at radius 2 is 1.97 bits per heavy atom. The number of nitrogens with zero attached hydrogens (tertiary/aromatic N) is 4. The summed E-state index contributed by atoms with van der Waals surface area (Å²) in [6, 6.07) is 9.79. The molecule has 0 bridgehead atoms. The van der Waals surface area contributed by atoms with Gasteiger partial charge in [0, 0.05) is 24.1 Å². The lowest BCUT2D eigenvalue weighted by Gasteiger charge is -2.37. The highest BCUT2D eigenvalue weighted by molar-refractivity contribution is 5.94. The van der Waals surface area contributed by atoms with Gasteiger partial charge in [0.25, 0.3) is 11.8 Å². The maximum Gasteiger partial charge on any atom is 0.280 e. The molecule has 1 aliphatic rings. The van der Waals surface area contributed by atoms with E-state index in [1.54, 1.807) is 27.7 Å². The van der Waals surface area contributed by atoms with Crippen LogP contribution in [-0.4, -0.2) is 37.3 Å². The van der Waals surface area contributed by atoms with Crippen molar-refractivity contribution in [2.24, 2.45) is 5.41 Å². The minimum absolute atomic E-state index is 0.0578. The molecule has 1 amide bonds. The minimum atomic E-state index is -1.87. The summed E-state index contributed by atoms with van der Waals surface area (Å²) >= 11 is 0. The van der Waals surface area contributed by atoms with Gasteiger partial charge >= 0.3 is 0 Å². The highest BCUT2D eigenvalue weighted by atomic mass is 16.5. The third-order valence-electron chi connectivity index (χ3n) is 5.56. The monoisotopic (exact) mass is 424 g/mol. The fourth-order valence-corrected chi connectivity index (χ4v) is 3.69. The van der Waals surface area contributed by atoms with Crippen LogP contribution in [0.25, 0.3) is 11.4 Å². The average molecular weight is 425 g/mol. The second-order valence-electron chi connectivity index (χ2n) is 8.84. The number of benzene rings is 1. The number of carbonyl (C=O) groups excluding carboxylic acids is 1. The fourth-order valence-electron chi connectivity index (χ4n) is 3.69. The molecule has 1 atom stereocenters. The highest BCUT2D eigenvalue weighted by Crippen LogP contribution is 2.37. The zero-order valence-electron chi connectivity index (χ0n) is 18.3. The number of hydrogen-bond acceptors (Lipinski definition) is 7. The van der Waals surface area contributed by atoms with Gasteiger partial charge in [0.15, 0.2) is 11.5 Å². The highest BCUT2D eigenvalue weighted by Gasteiger charge is 2.49. The summed E-state index contributed by atoms with van der Waals surface area (Å²) < 4.78 is 7.32. The second kappa shape index (κ2) is 7.90. The van der Waals surface area contributed by atoms with Gasteiger partial charge in [-0.05, 0) is 19.9 Å². The van der Waals surface area contributed by atoms with E-state index in [0.717, 1.165) is 36.6 Å². The topological polar surface area (TPSA) is 118 Å². The molecule has 3 heterocycles. The number of imidazole rings is 1. The summed E-state index contributed by atoms with van der Waals surface area (Å²) in [6.45, 7) is 9.14. The van der Waals surface area contributed by atoms with Crippen LogP contribution in [0.4, 0.5) is 0 Å². The van der Waals surface area contributed by atoms with E-state index in [2.05, 4.69) is 25.3 Å². The number of hydrogen-bond donors (Lipinski definition) is 3. The third-order valence-corrected chi connectivity index (χ3v) is 5.56. The first-order chi connectivity index (χ1) is 14.7. The molecule has 0 radical (unpaired) electrons. The number of nitrogens with one attached hydrogen (secondary N) is 2. The lowest BCUT2D eigenvalue weighted by atomic mass is 9.82. The van der Waals surface area contributed by atoms with E-state index in [1.807, 2.05) is 30.3 Å². The molecular weight excluding hydrogens is 396 g/mol.